The van der Waals surface area contributed by atoms with Gasteiger partial charge in [0, 0.05) is 17.3 Å². The third-order valence-corrected chi connectivity index (χ3v) is 3.40. The van der Waals surface area contributed by atoms with E-state index < -0.39 is 12.1 Å². The summed E-state index contributed by atoms with van der Waals surface area (Å²) in [5.41, 5.74) is 1.60. The van der Waals surface area contributed by atoms with Crippen molar-refractivity contribution in [2.24, 2.45) is 0 Å². The van der Waals surface area contributed by atoms with E-state index in [1.165, 1.54) is 0 Å². The van der Waals surface area contributed by atoms with E-state index in [4.69, 9.17) is 11.6 Å². The van der Waals surface area contributed by atoms with Crippen molar-refractivity contribution < 1.29 is 9.59 Å². The number of hydrogen-bond donors (Lipinski definition) is 3. The SMILES string of the molecule is CC(NC(=O)Nc1ccccc1)C(=O)NCc1ccc(Cl)cc1. The van der Waals surface area contributed by atoms with Crippen LogP contribution in [0.3, 0.4) is 0 Å². The third kappa shape index (κ3) is 5.64. The van der Waals surface area contributed by atoms with Gasteiger partial charge in [-0.05, 0) is 36.8 Å². The van der Waals surface area contributed by atoms with Gasteiger partial charge in [0.15, 0.2) is 0 Å². The zero-order chi connectivity index (χ0) is 16.7. The number of hydrogen-bond acceptors (Lipinski definition) is 2. The molecular formula is C17H18ClN3O2. The van der Waals surface area contributed by atoms with E-state index in [0.29, 0.717) is 17.3 Å². The summed E-state index contributed by atoms with van der Waals surface area (Å²) in [6, 6.07) is 15.2. The number of anilines is 1. The summed E-state index contributed by atoms with van der Waals surface area (Å²) in [5.74, 6) is -0.261. The molecule has 6 heteroatoms. The normalized spacial score (nSPS) is 11.4. The Bertz CT molecular complexity index is 659. The highest BCUT2D eigenvalue weighted by atomic mass is 35.5. The summed E-state index contributed by atoms with van der Waals surface area (Å²) in [5, 5.41) is 8.66. The Labute approximate surface area is 140 Å². The van der Waals surface area contributed by atoms with Gasteiger partial charge >= 0.3 is 6.03 Å². The zero-order valence-electron chi connectivity index (χ0n) is 12.7. The highest BCUT2D eigenvalue weighted by molar-refractivity contribution is 6.30. The van der Waals surface area contributed by atoms with Gasteiger partial charge < -0.3 is 16.0 Å². The molecule has 1 atom stereocenters. The van der Waals surface area contributed by atoms with Crippen molar-refractivity contribution >= 4 is 29.2 Å². The van der Waals surface area contributed by atoms with E-state index in [1.807, 2.05) is 30.3 Å². The van der Waals surface area contributed by atoms with E-state index in [-0.39, 0.29) is 5.91 Å². The van der Waals surface area contributed by atoms with Crippen LogP contribution in [0.4, 0.5) is 10.5 Å². The number of carbonyl (C=O) groups excluding carboxylic acids is 2. The molecule has 3 N–H and O–H groups in total. The summed E-state index contributed by atoms with van der Waals surface area (Å²) < 4.78 is 0. The van der Waals surface area contributed by atoms with Crippen LogP contribution in [0, 0.1) is 0 Å². The summed E-state index contributed by atoms with van der Waals surface area (Å²) in [7, 11) is 0. The van der Waals surface area contributed by atoms with E-state index in [9.17, 15) is 9.59 Å². The Kier molecular flexibility index (Phi) is 6.00. The molecule has 0 radical (unpaired) electrons. The lowest BCUT2D eigenvalue weighted by molar-refractivity contribution is -0.122. The van der Waals surface area contributed by atoms with E-state index in [2.05, 4.69) is 16.0 Å². The van der Waals surface area contributed by atoms with Gasteiger partial charge in [0.05, 0.1) is 0 Å². The molecule has 2 aromatic rings. The summed E-state index contributed by atoms with van der Waals surface area (Å²) in [6.07, 6.45) is 0. The van der Waals surface area contributed by atoms with Crippen molar-refractivity contribution in [1.29, 1.82) is 0 Å². The van der Waals surface area contributed by atoms with Gasteiger partial charge in [-0.25, -0.2) is 4.79 Å². The Morgan fingerprint density at radius 1 is 1.04 bits per heavy atom. The van der Waals surface area contributed by atoms with Gasteiger partial charge in [0.25, 0.3) is 0 Å². The van der Waals surface area contributed by atoms with Crippen molar-refractivity contribution in [3.05, 3.63) is 65.2 Å². The molecule has 0 aliphatic rings. The molecule has 0 spiro atoms. The van der Waals surface area contributed by atoms with Crippen molar-refractivity contribution in [3.8, 4) is 0 Å². The van der Waals surface area contributed by atoms with Crippen LogP contribution in [-0.2, 0) is 11.3 Å². The maximum atomic E-state index is 12.0. The largest absolute Gasteiger partial charge is 0.350 e. The van der Waals surface area contributed by atoms with Crippen LogP contribution in [0.25, 0.3) is 0 Å². The van der Waals surface area contributed by atoms with Crippen LogP contribution in [0.5, 0.6) is 0 Å². The number of para-hydroxylation sites is 1. The van der Waals surface area contributed by atoms with Gasteiger partial charge in [-0.3, -0.25) is 4.79 Å². The second-order valence-electron chi connectivity index (χ2n) is 5.03. The fourth-order valence-electron chi connectivity index (χ4n) is 1.90. The molecule has 1 unspecified atom stereocenters. The lowest BCUT2D eigenvalue weighted by atomic mass is 10.2. The summed E-state index contributed by atoms with van der Waals surface area (Å²) >= 11 is 5.81. The third-order valence-electron chi connectivity index (χ3n) is 3.15. The molecule has 120 valence electrons. The Hall–Kier alpha value is -2.53. The molecule has 0 saturated heterocycles. The summed E-state index contributed by atoms with van der Waals surface area (Å²) in [4.78, 5) is 23.8. The lowest BCUT2D eigenvalue weighted by Gasteiger charge is -2.15. The molecular weight excluding hydrogens is 314 g/mol. The van der Waals surface area contributed by atoms with E-state index in [0.717, 1.165) is 5.56 Å². The minimum atomic E-state index is -0.647. The van der Waals surface area contributed by atoms with Crippen LogP contribution in [0.1, 0.15) is 12.5 Å². The first-order valence-corrected chi connectivity index (χ1v) is 7.57. The monoisotopic (exact) mass is 331 g/mol. The van der Waals surface area contributed by atoms with E-state index >= 15 is 0 Å². The van der Waals surface area contributed by atoms with Crippen LogP contribution >= 0.6 is 11.6 Å². The predicted octanol–water partition coefficient (Wildman–Crippen LogP) is 3.17. The maximum absolute atomic E-state index is 12.0. The molecule has 0 fully saturated rings. The standard InChI is InChI=1S/C17H18ClN3O2/c1-12(20-17(23)21-15-5-3-2-4-6-15)16(22)19-11-13-7-9-14(18)10-8-13/h2-10,12H,11H2,1H3,(H,19,22)(H2,20,21,23). The Balaban J connectivity index is 1.78. The van der Waals surface area contributed by atoms with Gasteiger partial charge in [0.2, 0.25) is 5.91 Å². The first kappa shape index (κ1) is 16.8. The quantitative estimate of drug-likeness (QED) is 0.787. The average molecular weight is 332 g/mol. The smallest absolute Gasteiger partial charge is 0.319 e. The fourth-order valence-corrected chi connectivity index (χ4v) is 2.02. The fraction of sp³-hybridized carbons (Fsp3) is 0.176. The number of nitrogens with one attached hydrogen (secondary N) is 3. The first-order chi connectivity index (χ1) is 11.0. The first-order valence-electron chi connectivity index (χ1n) is 7.19. The molecule has 0 bridgehead atoms. The molecule has 0 aromatic heterocycles. The highest BCUT2D eigenvalue weighted by Crippen LogP contribution is 2.09. The molecule has 0 heterocycles. The molecule has 0 aliphatic heterocycles. The van der Waals surface area contributed by atoms with Gasteiger partial charge in [-0.15, -0.1) is 0 Å². The van der Waals surface area contributed by atoms with Gasteiger partial charge in [-0.2, -0.15) is 0 Å². The van der Waals surface area contributed by atoms with Gasteiger partial charge in [-0.1, -0.05) is 41.9 Å². The minimum Gasteiger partial charge on any atom is -0.350 e. The second kappa shape index (κ2) is 8.19. The number of urea groups is 1. The Morgan fingerprint density at radius 2 is 1.70 bits per heavy atom. The minimum absolute atomic E-state index is 0.261. The van der Waals surface area contributed by atoms with Crippen molar-refractivity contribution in [3.63, 3.8) is 0 Å². The van der Waals surface area contributed by atoms with Crippen LogP contribution in [0.2, 0.25) is 5.02 Å². The van der Waals surface area contributed by atoms with Crippen LogP contribution in [-0.4, -0.2) is 18.0 Å². The molecule has 5 nitrogen and oxygen atoms in total. The topological polar surface area (TPSA) is 70.2 Å². The maximum Gasteiger partial charge on any atom is 0.319 e. The molecule has 2 rings (SSSR count). The zero-order valence-corrected chi connectivity index (χ0v) is 13.4. The number of amides is 3. The molecule has 0 saturated carbocycles. The molecule has 3 amide bonds. The predicted molar refractivity (Wildman–Crippen MR) is 91.4 cm³/mol. The molecule has 23 heavy (non-hydrogen) atoms. The number of rotatable bonds is 5. The molecule has 2 aromatic carbocycles. The lowest BCUT2D eigenvalue weighted by Crippen LogP contribution is -2.46. The second-order valence-corrected chi connectivity index (χ2v) is 5.47. The highest BCUT2D eigenvalue weighted by Gasteiger charge is 2.15. The average Bonchev–Trinajstić information content (AvgIpc) is 2.54. The van der Waals surface area contributed by atoms with E-state index in [1.54, 1.807) is 31.2 Å². The van der Waals surface area contributed by atoms with Gasteiger partial charge in [0.1, 0.15) is 6.04 Å². The number of carbonyl (C=O) groups is 2. The Morgan fingerprint density at radius 3 is 2.35 bits per heavy atom. The van der Waals surface area contributed by atoms with Crippen LogP contribution in [0.15, 0.2) is 54.6 Å². The number of halogens is 1. The number of benzene rings is 2. The molecule has 0 aliphatic carbocycles. The van der Waals surface area contributed by atoms with Crippen LogP contribution < -0.4 is 16.0 Å². The van der Waals surface area contributed by atoms with Crippen molar-refractivity contribution in [2.45, 2.75) is 19.5 Å². The van der Waals surface area contributed by atoms with Crippen molar-refractivity contribution in [2.75, 3.05) is 5.32 Å². The summed E-state index contributed by atoms with van der Waals surface area (Å²) in [6.45, 7) is 2.00. The van der Waals surface area contributed by atoms with Crippen molar-refractivity contribution in [1.82, 2.24) is 10.6 Å².